The minimum Gasteiger partial charge on any atom is -0.469 e. The minimum absolute atomic E-state index is 0.101. The van der Waals surface area contributed by atoms with Gasteiger partial charge in [-0.25, -0.2) is 4.98 Å². The van der Waals surface area contributed by atoms with E-state index in [1.807, 2.05) is 48.9 Å². The zero-order chi connectivity index (χ0) is 23.3. The Morgan fingerprint density at radius 1 is 1.12 bits per heavy atom. The van der Waals surface area contributed by atoms with Crippen LogP contribution < -0.4 is 0 Å². The maximum Gasteiger partial charge on any atom is 0.312 e. The Kier molecular flexibility index (Phi) is 6.90. The number of carbonyl (C=O) groups excluding carboxylic acids is 1. The van der Waals surface area contributed by atoms with E-state index in [1.165, 1.54) is 18.2 Å². The molecule has 33 heavy (non-hydrogen) atoms. The molecule has 1 aliphatic heterocycles. The first kappa shape index (κ1) is 22.8. The van der Waals surface area contributed by atoms with Crippen molar-refractivity contribution in [2.75, 3.05) is 20.2 Å². The van der Waals surface area contributed by atoms with Gasteiger partial charge in [-0.15, -0.1) is 0 Å². The number of piperidine rings is 1. The van der Waals surface area contributed by atoms with Gasteiger partial charge in [0.15, 0.2) is 0 Å². The van der Waals surface area contributed by atoms with Crippen molar-refractivity contribution in [3.63, 3.8) is 0 Å². The minimum atomic E-state index is -0.472. The maximum absolute atomic E-state index is 12.9. The fourth-order valence-electron chi connectivity index (χ4n) is 4.71. The number of rotatable bonds is 7. The summed E-state index contributed by atoms with van der Waals surface area (Å²) >= 11 is 0. The number of carbonyl (C=O) groups is 1. The quantitative estimate of drug-likeness (QED) is 0.515. The van der Waals surface area contributed by atoms with Gasteiger partial charge in [0.2, 0.25) is 0 Å². The molecule has 0 spiro atoms. The summed E-state index contributed by atoms with van der Waals surface area (Å²) in [6.07, 6.45) is 6.04. The second-order valence-electron chi connectivity index (χ2n) is 8.97. The third kappa shape index (κ3) is 5.15. The Morgan fingerprint density at radius 3 is 2.52 bits per heavy atom. The summed E-state index contributed by atoms with van der Waals surface area (Å²) in [5.74, 6) is -0.101. The van der Waals surface area contributed by atoms with Crippen molar-refractivity contribution < 1.29 is 9.53 Å². The molecule has 0 radical (unpaired) electrons. The molecule has 0 atom stereocenters. The van der Waals surface area contributed by atoms with Crippen molar-refractivity contribution in [2.24, 2.45) is 5.41 Å². The highest BCUT2D eigenvalue weighted by Crippen LogP contribution is 2.37. The van der Waals surface area contributed by atoms with Crippen molar-refractivity contribution in [3.8, 4) is 6.07 Å². The van der Waals surface area contributed by atoms with Crippen LogP contribution in [0.25, 0.3) is 0 Å². The molecule has 0 unspecified atom stereocenters. The second kappa shape index (κ2) is 10.0. The largest absolute Gasteiger partial charge is 0.469 e. The third-order valence-corrected chi connectivity index (χ3v) is 6.84. The van der Waals surface area contributed by atoms with E-state index < -0.39 is 5.41 Å². The molecule has 1 fully saturated rings. The van der Waals surface area contributed by atoms with Crippen molar-refractivity contribution in [1.29, 1.82) is 5.26 Å². The molecule has 0 aliphatic carbocycles. The lowest BCUT2D eigenvalue weighted by molar-refractivity contribution is -0.156. The number of imidazole rings is 1. The van der Waals surface area contributed by atoms with Crippen LogP contribution in [-0.4, -0.2) is 40.6 Å². The Labute approximate surface area is 195 Å². The summed E-state index contributed by atoms with van der Waals surface area (Å²) in [5.41, 5.74) is 4.91. The summed E-state index contributed by atoms with van der Waals surface area (Å²) in [4.78, 5) is 19.6. The monoisotopic (exact) mass is 442 g/mol. The molecule has 6 heteroatoms. The molecule has 1 aromatic heterocycles. The van der Waals surface area contributed by atoms with Crippen LogP contribution in [0.3, 0.4) is 0 Å². The van der Waals surface area contributed by atoms with Gasteiger partial charge in [0.05, 0.1) is 36.2 Å². The van der Waals surface area contributed by atoms with Crippen LogP contribution in [0.5, 0.6) is 0 Å². The fourth-order valence-corrected chi connectivity index (χ4v) is 4.71. The lowest BCUT2D eigenvalue weighted by Gasteiger charge is -2.40. The standard InChI is InChI=1S/C27H30N4O2/c1-21-5-3-4-6-24(21)15-27(26(32)33-2)11-13-30(14-12-27)19-25-17-29-20-31(25)18-23-9-7-22(16-28)8-10-23/h3-10,17,20H,11-15,18-19H2,1-2H3. The number of methoxy groups -OCH3 is 1. The lowest BCUT2D eigenvalue weighted by Crippen LogP contribution is -2.46. The number of esters is 1. The summed E-state index contributed by atoms with van der Waals surface area (Å²) in [7, 11) is 1.50. The van der Waals surface area contributed by atoms with Crippen LogP contribution in [0.1, 0.15) is 40.8 Å². The molecular weight excluding hydrogens is 412 g/mol. The molecule has 0 amide bonds. The second-order valence-corrected chi connectivity index (χ2v) is 8.97. The predicted octanol–water partition coefficient (Wildman–Crippen LogP) is 4.11. The number of benzene rings is 2. The van der Waals surface area contributed by atoms with Gasteiger partial charge in [-0.3, -0.25) is 9.69 Å². The summed E-state index contributed by atoms with van der Waals surface area (Å²) < 4.78 is 7.41. The molecule has 2 heterocycles. The predicted molar refractivity (Wildman–Crippen MR) is 126 cm³/mol. The summed E-state index contributed by atoms with van der Waals surface area (Å²) in [6, 6.07) is 18.1. The number of likely N-dealkylation sites (tertiary alicyclic amines) is 1. The van der Waals surface area contributed by atoms with Crippen molar-refractivity contribution in [3.05, 3.63) is 89.0 Å². The van der Waals surface area contributed by atoms with Crippen LogP contribution in [0.4, 0.5) is 0 Å². The van der Waals surface area contributed by atoms with Gasteiger partial charge in [-0.05, 0) is 68.1 Å². The van der Waals surface area contributed by atoms with Gasteiger partial charge >= 0.3 is 5.97 Å². The average Bonchev–Trinajstić information content (AvgIpc) is 3.28. The highest BCUT2D eigenvalue weighted by Gasteiger charge is 2.42. The van der Waals surface area contributed by atoms with E-state index >= 15 is 0 Å². The van der Waals surface area contributed by atoms with Gasteiger partial charge in [-0.1, -0.05) is 36.4 Å². The third-order valence-electron chi connectivity index (χ3n) is 6.84. The first-order valence-corrected chi connectivity index (χ1v) is 11.4. The maximum atomic E-state index is 12.9. The topological polar surface area (TPSA) is 71.2 Å². The zero-order valence-corrected chi connectivity index (χ0v) is 19.3. The van der Waals surface area contributed by atoms with Gasteiger partial charge in [0, 0.05) is 19.3 Å². The van der Waals surface area contributed by atoms with Gasteiger partial charge < -0.3 is 9.30 Å². The molecule has 3 aromatic rings. The summed E-state index contributed by atoms with van der Waals surface area (Å²) in [5, 5.41) is 8.99. The molecule has 0 N–H and O–H groups in total. The van der Waals surface area contributed by atoms with Crippen LogP contribution in [-0.2, 0) is 29.0 Å². The normalized spacial score (nSPS) is 15.7. The van der Waals surface area contributed by atoms with E-state index in [0.29, 0.717) is 12.1 Å². The average molecular weight is 443 g/mol. The zero-order valence-electron chi connectivity index (χ0n) is 19.3. The van der Waals surface area contributed by atoms with E-state index in [0.717, 1.165) is 50.2 Å². The Balaban J connectivity index is 1.42. The number of hydrogen-bond acceptors (Lipinski definition) is 5. The Hall–Kier alpha value is -3.43. The molecule has 170 valence electrons. The molecule has 2 aromatic carbocycles. The number of aromatic nitrogens is 2. The smallest absolute Gasteiger partial charge is 0.312 e. The molecule has 0 bridgehead atoms. The van der Waals surface area contributed by atoms with Gasteiger partial charge in [-0.2, -0.15) is 5.26 Å². The first-order valence-electron chi connectivity index (χ1n) is 11.4. The number of hydrogen-bond donors (Lipinski definition) is 0. The molecule has 4 rings (SSSR count). The lowest BCUT2D eigenvalue weighted by atomic mass is 9.73. The van der Waals surface area contributed by atoms with Crippen molar-refractivity contribution in [2.45, 2.75) is 39.3 Å². The molecular formula is C27H30N4O2. The molecule has 1 aliphatic rings. The Bertz CT molecular complexity index is 1140. The highest BCUT2D eigenvalue weighted by molar-refractivity contribution is 5.77. The van der Waals surface area contributed by atoms with Gasteiger partial charge in [0.25, 0.3) is 0 Å². The SMILES string of the molecule is COC(=O)C1(Cc2ccccc2C)CCN(Cc2cncn2Cc2ccc(C#N)cc2)CC1. The number of ether oxygens (including phenoxy) is 1. The van der Waals surface area contributed by atoms with Gasteiger partial charge in [0.1, 0.15) is 0 Å². The van der Waals surface area contributed by atoms with E-state index in [4.69, 9.17) is 10.00 Å². The van der Waals surface area contributed by atoms with Crippen LogP contribution in [0.15, 0.2) is 61.1 Å². The molecule has 0 saturated carbocycles. The van der Waals surface area contributed by atoms with E-state index in [1.54, 1.807) is 0 Å². The van der Waals surface area contributed by atoms with E-state index in [-0.39, 0.29) is 5.97 Å². The number of nitriles is 1. The van der Waals surface area contributed by atoms with Crippen LogP contribution in [0, 0.1) is 23.7 Å². The summed E-state index contributed by atoms with van der Waals surface area (Å²) in [6.45, 7) is 5.28. The fraction of sp³-hybridized carbons (Fsp3) is 0.370. The number of nitrogens with zero attached hydrogens (tertiary/aromatic N) is 4. The Morgan fingerprint density at radius 2 is 1.85 bits per heavy atom. The molecule has 6 nitrogen and oxygen atoms in total. The van der Waals surface area contributed by atoms with Crippen LogP contribution in [0.2, 0.25) is 0 Å². The molecule has 1 saturated heterocycles. The van der Waals surface area contributed by atoms with Crippen molar-refractivity contribution in [1.82, 2.24) is 14.5 Å². The highest BCUT2D eigenvalue weighted by atomic mass is 16.5. The number of aryl methyl sites for hydroxylation is 1. The van der Waals surface area contributed by atoms with E-state index in [9.17, 15) is 4.79 Å². The van der Waals surface area contributed by atoms with Crippen LogP contribution >= 0.6 is 0 Å². The van der Waals surface area contributed by atoms with E-state index in [2.05, 4.69) is 39.6 Å². The first-order chi connectivity index (χ1) is 16.0. The van der Waals surface area contributed by atoms with Crippen molar-refractivity contribution >= 4 is 5.97 Å².